The van der Waals surface area contributed by atoms with Gasteiger partial charge in [-0.15, -0.1) is 11.8 Å². The van der Waals surface area contributed by atoms with E-state index in [1.54, 1.807) is 0 Å². The zero-order valence-corrected chi connectivity index (χ0v) is 8.33. The summed E-state index contributed by atoms with van der Waals surface area (Å²) in [4.78, 5) is 4.28. The van der Waals surface area contributed by atoms with Crippen molar-refractivity contribution in [1.82, 2.24) is 4.98 Å². The van der Waals surface area contributed by atoms with Crippen molar-refractivity contribution in [1.29, 1.82) is 0 Å². The molecule has 0 aromatic carbocycles. The summed E-state index contributed by atoms with van der Waals surface area (Å²) >= 11 is 1.82. The molecule has 1 saturated carbocycles. The highest BCUT2D eigenvalue weighted by Gasteiger charge is 2.24. The number of rotatable bonds is 2. The van der Waals surface area contributed by atoms with Gasteiger partial charge in [-0.2, -0.15) is 0 Å². The average molecular weight is 194 g/mol. The Bertz CT molecular complexity index is 263. The Morgan fingerprint density at radius 3 is 2.92 bits per heavy atom. The molecule has 3 heteroatoms. The van der Waals surface area contributed by atoms with E-state index in [2.05, 4.69) is 11.1 Å². The molecule has 2 unspecified atom stereocenters. The summed E-state index contributed by atoms with van der Waals surface area (Å²) in [5.74, 6) is 0. The van der Waals surface area contributed by atoms with Crippen molar-refractivity contribution in [2.24, 2.45) is 5.73 Å². The van der Waals surface area contributed by atoms with Crippen LogP contribution in [0.25, 0.3) is 0 Å². The van der Waals surface area contributed by atoms with Gasteiger partial charge in [0.1, 0.15) is 0 Å². The molecule has 0 saturated heterocycles. The van der Waals surface area contributed by atoms with Gasteiger partial charge in [0.15, 0.2) is 0 Å². The maximum Gasteiger partial charge on any atom is 0.0963 e. The van der Waals surface area contributed by atoms with E-state index >= 15 is 0 Å². The molecule has 2 rings (SSSR count). The third kappa shape index (κ3) is 2.23. The quantitative estimate of drug-likeness (QED) is 0.783. The van der Waals surface area contributed by atoms with E-state index < -0.39 is 0 Å². The molecule has 2 atom stereocenters. The molecule has 1 fully saturated rings. The van der Waals surface area contributed by atoms with Crippen molar-refractivity contribution in [2.75, 3.05) is 0 Å². The van der Waals surface area contributed by atoms with Crippen LogP contribution in [0, 0.1) is 0 Å². The molecule has 0 bridgehead atoms. The molecule has 70 valence electrons. The number of thioether (sulfide) groups is 1. The van der Waals surface area contributed by atoms with Gasteiger partial charge >= 0.3 is 0 Å². The first kappa shape index (κ1) is 9.03. The predicted octanol–water partition coefficient (Wildman–Crippen LogP) is 2.05. The first-order valence-electron chi connectivity index (χ1n) is 4.69. The fourth-order valence-electron chi connectivity index (χ4n) is 1.67. The summed E-state index contributed by atoms with van der Waals surface area (Å²) in [5.41, 5.74) is 5.98. The van der Waals surface area contributed by atoms with Crippen LogP contribution in [-0.2, 0) is 0 Å². The Balaban J connectivity index is 1.98. The van der Waals surface area contributed by atoms with Crippen molar-refractivity contribution in [2.45, 2.75) is 35.6 Å². The second-order valence-electron chi connectivity index (χ2n) is 3.42. The second-order valence-corrected chi connectivity index (χ2v) is 4.68. The van der Waals surface area contributed by atoms with Crippen molar-refractivity contribution in [3.8, 4) is 0 Å². The second kappa shape index (κ2) is 4.11. The summed E-state index contributed by atoms with van der Waals surface area (Å²) < 4.78 is 0. The lowest BCUT2D eigenvalue weighted by Gasteiger charge is -2.13. The van der Waals surface area contributed by atoms with Gasteiger partial charge in [0, 0.05) is 17.5 Å². The molecular formula is C10H14N2S. The molecule has 1 aliphatic carbocycles. The van der Waals surface area contributed by atoms with Crippen LogP contribution in [0.15, 0.2) is 29.4 Å². The lowest BCUT2D eigenvalue weighted by Crippen LogP contribution is -2.26. The third-order valence-corrected chi connectivity index (χ3v) is 3.78. The fourth-order valence-corrected chi connectivity index (χ4v) is 2.86. The summed E-state index contributed by atoms with van der Waals surface area (Å²) in [6.45, 7) is 0. The largest absolute Gasteiger partial charge is 0.327 e. The summed E-state index contributed by atoms with van der Waals surface area (Å²) in [6.07, 6.45) is 5.52. The van der Waals surface area contributed by atoms with Gasteiger partial charge in [-0.05, 0) is 25.0 Å². The molecule has 0 spiro atoms. The zero-order valence-electron chi connectivity index (χ0n) is 7.52. The van der Waals surface area contributed by atoms with Gasteiger partial charge in [0.05, 0.1) is 5.03 Å². The Morgan fingerprint density at radius 2 is 2.31 bits per heavy atom. The number of nitrogens with zero attached hydrogens (tertiary/aromatic N) is 1. The van der Waals surface area contributed by atoms with E-state index in [4.69, 9.17) is 5.73 Å². The number of hydrogen-bond acceptors (Lipinski definition) is 3. The standard InChI is InChI=1S/C10H14N2S/c11-8-4-3-5-9(8)13-10-6-1-2-7-12-10/h1-2,6-9H,3-5,11H2. The first-order chi connectivity index (χ1) is 6.36. The van der Waals surface area contributed by atoms with E-state index in [9.17, 15) is 0 Å². The SMILES string of the molecule is NC1CCCC1Sc1ccccn1. The number of nitrogens with two attached hydrogens (primary N) is 1. The smallest absolute Gasteiger partial charge is 0.0963 e. The highest BCUT2D eigenvalue weighted by atomic mass is 32.2. The molecule has 0 amide bonds. The van der Waals surface area contributed by atoms with Crippen molar-refractivity contribution in [3.05, 3.63) is 24.4 Å². The van der Waals surface area contributed by atoms with Gasteiger partial charge in [0.25, 0.3) is 0 Å². The molecule has 13 heavy (non-hydrogen) atoms. The topological polar surface area (TPSA) is 38.9 Å². The third-order valence-electron chi connectivity index (χ3n) is 2.41. The van der Waals surface area contributed by atoms with Crippen LogP contribution in [0.2, 0.25) is 0 Å². The minimum absolute atomic E-state index is 0.368. The highest BCUT2D eigenvalue weighted by Crippen LogP contribution is 2.32. The minimum atomic E-state index is 0.368. The van der Waals surface area contributed by atoms with Gasteiger partial charge in [-0.1, -0.05) is 12.5 Å². The van der Waals surface area contributed by atoms with E-state index in [1.165, 1.54) is 19.3 Å². The maximum absolute atomic E-state index is 5.98. The fraction of sp³-hybridized carbons (Fsp3) is 0.500. The molecule has 1 aromatic heterocycles. The maximum atomic E-state index is 5.98. The molecule has 0 aliphatic heterocycles. The molecule has 2 nitrogen and oxygen atoms in total. The lowest BCUT2D eigenvalue weighted by molar-refractivity contribution is 0.715. The van der Waals surface area contributed by atoms with Gasteiger partial charge < -0.3 is 5.73 Å². The number of aromatic nitrogens is 1. The summed E-state index contributed by atoms with van der Waals surface area (Å²) in [5, 5.41) is 1.68. The summed E-state index contributed by atoms with van der Waals surface area (Å²) in [7, 11) is 0. The molecule has 1 aromatic rings. The van der Waals surface area contributed by atoms with Crippen LogP contribution in [0.4, 0.5) is 0 Å². The zero-order chi connectivity index (χ0) is 9.10. The van der Waals surface area contributed by atoms with Gasteiger partial charge in [0.2, 0.25) is 0 Å². The Morgan fingerprint density at radius 1 is 1.38 bits per heavy atom. The van der Waals surface area contributed by atoms with E-state index in [0.29, 0.717) is 11.3 Å². The monoisotopic (exact) mass is 194 g/mol. The number of hydrogen-bond donors (Lipinski definition) is 1. The number of pyridine rings is 1. The van der Waals surface area contributed by atoms with Gasteiger partial charge in [-0.25, -0.2) is 4.98 Å². The Labute approximate surface area is 82.9 Å². The van der Waals surface area contributed by atoms with Crippen LogP contribution in [-0.4, -0.2) is 16.3 Å². The van der Waals surface area contributed by atoms with E-state index in [1.807, 2.05) is 30.1 Å². The van der Waals surface area contributed by atoms with Crippen LogP contribution < -0.4 is 5.73 Å². The van der Waals surface area contributed by atoms with Crippen LogP contribution in [0.3, 0.4) is 0 Å². The molecule has 2 N–H and O–H groups in total. The first-order valence-corrected chi connectivity index (χ1v) is 5.57. The predicted molar refractivity (Wildman–Crippen MR) is 55.7 cm³/mol. The van der Waals surface area contributed by atoms with Crippen LogP contribution >= 0.6 is 11.8 Å². The Hall–Kier alpha value is -0.540. The average Bonchev–Trinajstić information content (AvgIpc) is 2.54. The molecular weight excluding hydrogens is 180 g/mol. The molecule has 1 aliphatic rings. The van der Waals surface area contributed by atoms with Crippen molar-refractivity contribution < 1.29 is 0 Å². The lowest BCUT2D eigenvalue weighted by atomic mass is 10.3. The van der Waals surface area contributed by atoms with E-state index in [-0.39, 0.29) is 0 Å². The van der Waals surface area contributed by atoms with E-state index in [0.717, 1.165) is 5.03 Å². The minimum Gasteiger partial charge on any atom is -0.327 e. The van der Waals surface area contributed by atoms with Crippen molar-refractivity contribution >= 4 is 11.8 Å². The van der Waals surface area contributed by atoms with Crippen molar-refractivity contribution in [3.63, 3.8) is 0 Å². The molecule has 1 heterocycles. The molecule has 0 radical (unpaired) electrons. The highest BCUT2D eigenvalue weighted by molar-refractivity contribution is 7.99. The van der Waals surface area contributed by atoms with Crippen LogP contribution in [0.5, 0.6) is 0 Å². The normalized spacial score (nSPS) is 27.8. The summed E-state index contributed by atoms with van der Waals surface area (Å²) in [6, 6.07) is 6.39. The van der Waals surface area contributed by atoms with Gasteiger partial charge in [-0.3, -0.25) is 0 Å². The van der Waals surface area contributed by atoms with Crippen LogP contribution in [0.1, 0.15) is 19.3 Å². The Kier molecular flexibility index (Phi) is 2.86.